The molecular formula is C22H15N3O3S. The maximum absolute atomic E-state index is 12.5. The van der Waals surface area contributed by atoms with Crippen LogP contribution in [-0.4, -0.2) is 22.8 Å². The van der Waals surface area contributed by atoms with Gasteiger partial charge in [0, 0.05) is 11.3 Å². The topological polar surface area (TPSA) is 78.5 Å². The van der Waals surface area contributed by atoms with Crippen LogP contribution in [0.15, 0.2) is 78.9 Å². The standard InChI is InChI=1S/C22H15N3O3S/c26-19(14-6-2-1-3-7-14)24-22(29)23-15-10-12-16(13-11-15)25-20(27)17-8-4-5-9-18(17)21(25)28/h1-13H,(H2,23,24,26,29). The zero-order chi connectivity index (χ0) is 20.4. The molecule has 1 aliphatic rings. The number of anilines is 2. The number of hydrogen-bond acceptors (Lipinski definition) is 4. The summed E-state index contributed by atoms with van der Waals surface area (Å²) >= 11 is 5.18. The molecule has 3 aromatic rings. The SMILES string of the molecule is O=C(NC(=S)Nc1ccc(N2C(=O)c3ccccc3C2=O)cc1)c1ccccc1. The van der Waals surface area contributed by atoms with Crippen molar-refractivity contribution in [3.63, 3.8) is 0 Å². The van der Waals surface area contributed by atoms with Crippen LogP contribution in [0.5, 0.6) is 0 Å². The number of thiocarbonyl (C=S) groups is 1. The van der Waals surface area contributed by atoms with E-state index in [1.54, 1.807) is 72.8 Å². The van der Waals surface area contributed by atoms with Crippen molar-refractivity contribution in [2.45, 2.75) is 0 Å². The van der Waals surface area contributed by atoms with Crippen molar-refractivity contribution < 1.29 is 14.4 Å². The van der Waals surface area contributed by atoms with E-state index < -0.39 is 0 Å². The molecule has 7 heteroatoms. The molecule has 0 radical (unpaired) electrons. The number of fused-ring (bicyclic) bond motifs is 1. The number of carbonyl (C=O) groups excluding carboxylic acids is 3. The largest absolute Gasteiger partial charge is 0.332 e. The van der Waals surface area contributed by atoms with Crippen LogP contribution in [0.3, 0.4) is 0 Å². The molecule has 6 nitrogen and oxygen atoms in total. The van der Waals surface area contributed by atoms with E-state index in [1.165, 1.54) is 0 Å². The van der Waals surface area contributed by atoms with Crippen LogP contribution >= 0.6 is 12.2 Å². The van der Waals surface area contributed by atoms with Gasteiger partial charge in [0.05, 0.1) is 16.8 Å². The monoisotopic (exact) mass is 401 g/mol. The van der Waals surface area contributed by atoms with Crippen molar-refractivity contribution in [1.82, 2.24) is 5.32 Å². The third kappa shape index (κ3) is 3.63. The number of hydrogen-bond donors (Lipinski definition) is 2. The van der Waals surface area contributed by atoms with Crippen molar-refractivity contribution >= 4 is 46.4 Å². The highest BCUT2D eigenvalue weighted by Gasteiger charge is 2.36. The summed E-state index contributed by atoms with van der Waals surface area (Å²) in [5, 5.41) is 5.66. The summed E-state index contributed by atoms with van der Waals surface area (Å²) in [6.07, 6.45) is 0. The van der Waals surface area contributed by atoms with Crippen LogP contribution in [-0.2, 0) is 0 Å². The summed E-state index contributed by atoms with van der Waals surface area (Å²) in [6, 6.07) is 22.1. The summed E-state index contributed by atoms with van der Waals surface area (Å²) < 4.78 is 0. The fourth-order valence-corrected chi connectivity index (χ4v) is 3.26. The van der Waals surface area contributed by atoms with Gasteiger partial charge >= 0.3 is 0 Å². The second-order valence-corrected chi connectivity index (χ2v) is 6.72. The third-order valence-electron chi connectivity index (χ3n) is 4.44. The highest BCUT2D eigenvalue weighted by molar-refractivity contribution is 7.80. The minimum atomic E-state index is -0.350. The van der Waals surface area contributed by atoms with E-state index in [9.17, 15) is 14.4 Å². The summed E-state index contributed by atoms with van der Waals surface area (Å²) in [6.45, 7) is 0. The first-order valence-electron chi connectivity index (χ1n) is 8.80. The molecule has 0 fully saturated rings. The Hall–Kier alpha value is -3.84. The first-order chi connectivity index (χ1) is 14.0. The van der Waals surface area contributed by atoms with Crippen LogP contribution in [0.1, 0.15) is 31.1 Å². The summed E-state index contributed by atoms with van der Waals surface area (Å²) in [7, 11) is 0. The Morgan fingerprint density at radius 3 is 1.90 bits per heavy atom. The minimum absolute atomic E-state index is 0.146. The molecule has 3 aromatic carbocycles. The number of imide groups is 1. The van der Waals surface area contributed by atoms with Crippen molar-refractivity contribution in [2.24, 2.45) is 0 Å². The number of amides is 3. The van der Waals surface area contributed by atoms with Gasteiger partial charge in [0.2, 0.25) is 0 Å². The van der Waals surface area contributed by atoms with Gasteiger partial charge in [0.25, 0.3) is 17.7 Å². The Bertz CT molecular complexity index is 1090. The number of carbonyl (C=O) groups is 3. The lowest BCUT2D eigenvalue weighted by atomic mass is 10.1. The minimum Gasteiger partial charge on any atom is -0.332 e. The Morgan fingerprint density at radius 1 is 0.759 bits per heavy atom. The normalized spacial score (nSPS) is 12.5. The highest BCUT2D eigenvalue weighted by Crippen LogP contribution is 2.28. The molecule has 29 heavy (non-hydrogen) atoms. The van der Waals surface area contributed by atoms with E-state index in [-0.39, 0.29) is 22.8 Å². The molecule has 0 spiro atoms. The molecule has 4 rings (SSSR count). The molecule has 0 unspecified atom stereocenters. The number of nitrogens with one attached hydrogen (secondary N) is 2. The van der Waals surface area contributed by atoms with Gasteiger partial charge in [-0.2, -0.15) is 0 Å². The average molecular weight is 401 g/mol. The summed E-state index contributed by atoms with van der Waals surface area (Å²) in [4.78, 5) is 38.4. The molecule has 0 saturated carbocycles. The summed E-state index contributed by atoms with van der Waals surface area (Å²) in [5.41, 5.74) is 2.36. The van der Waals surface area contributed by atoms with E-state index >= 15 is 0 Å². The lowest BCUT2D eigenvalue weighted by molar-refractivity contribution is 0.0923. The smallest absolute Gasteiger partial charge is 0.266 e. The van der Waals surface area contributed by atoms with Gasteiger partial charge in [-0.3, -0.25) is 19.7 Å². The van der Waals surface area contributed by atoms with E-state index in [0.717, 1.165) is 4.90 Å². The number of benzene rings is 3. The van der Waals surface area contributed by atoms with Gasteiger partial charge in [0.15, 0.2) is 5.11 Å². The molecule has 0 saturated heterocycles. The molecule has 2 N–H and O–H groups in total. The predicted octanol–water partition coefficient (Wildman–Crippen LogP) is 3.61. The fraction of sp³-hybridized carbons (Fsp3) is 0. The first-order valence-corrected chi connectivity index (χ1v) is 9.20. The van der Waals surface area contributed by atoms with Crippen LogP contribution in [0, 0.1) is 0 Å². The molecule has 142 valence electrons. The summed E-state index contributed by atoms with van der Waals surface area (Å²) in [5.74, 6) is -1.01. The van der Waals surface area contributed by atoms with Crippen molar-refractivity contribution in [1.29, 1.82) is 0 Å². The second-order valence-electron chi connectivity index (χ2n) is 6.31. The van der Waals surface area contributed by atoms with Crippen LogP contribution in [0.4, 0.5) is 11.4 Å². The highest BCUT2D eigenvalue weighted by atomic mass is 32.1. The maximum Gasteiger partial charge on any atom is 0.266 e. The molecule has 1 aliphatic heterocycles. The number of nitrogens with zero attached hydrogens (tertiary/aromatic N) is 1. The Balaban J connectivity index is 1.44. The van der Waals surface area contributed by atoms with E-state index in [0.29, 0.717) is 28.1 Å². The zero-order valence-corrected chi connectivity index (χ0v) is 15.9. The Kier molecular flexibility index (Phi) is 4.88. The second kappa shape index (κ2) is 7.65. The predicted molar refractivity (Wildman–Crippen MR) is 114 cm³/mol. The van der Waals surface area contributed by atoms with E-state index in [4.69, 9.17) is 12.2 Å². The maximum atomic E-state index is 12.5. The Labute approximate surface area is 172 Å². The van der Waals surface area contributed by atoms with Gasteiger partial charge in [-0.1, -0.05) is 30.3 Å². The molecule has 0 atom stereocenters. The van der Waals surface area contributed by atoms with Gasteiger partial charge in [-0.25, -0.2) is 4.90 Å². The fourth-order valence-electron chi connectivity index (χ4n) is 3.04. The van der Waals surface area contributed by atoms with E-state index in [1.807, 2.05) is 6.07 Å². The third-order valence-corrected chi connectivity index (χ3v) is 4.64. The first kappa shape index (κ1) is 18.5. The quantitative estimate of drug-likeness (QED) is 0.518. The lowest BCUT2D eigenvalue weighted by Crippen LogP contribution is -2.34. The molecule has 1 heterocycles. The van der Waals surface area contributed by atoms with E-state index in [2.05, 4.69) is 10.6 Å². The van der Waals surface area contributed by atoms with Crippen LogP contribution in [0.25, 0.3) is 0 Å². The molecule has 3 amide bonds. The zero-order valence-electron chi connectivity index (χ0n) is 15.1. The molecular weight excluding hydrogens is 386 g/mol. The van der Waals surface area contributed by atoms with Crippen LogP contribution in [0.2, 0.25) is 0 Å². The van der Waals surface area contributed by atoms with Gasteiger partial charge in [-0.15, -0.1) is 0 Å². The average Bonchev–Trinajstić information content (AvgIpc) is 3.00. The van der Waals surface area contributed by atoms with Gasteiger partial charge < -0.3 is 5.32 Å². The molecule has 0 bridgehead atoms. The van der Waals surface area contributed by atoms with Crippen molar-refractivity contribution in [2.75, 3.05) is 10.2 Å². The Morgan fingerprint density at radius 2 is 1.31 bits per heavy atom. The number of rotatable bonds is 3. The lowest BCUT2D eigenvalue weighted by Gasteiger charge is -2.15. The van der Waals surface area contributed by atoms with Crippen molar-refractivity contribution in [3.05, 3.63) is 95.6 Å². The van der Waals surface area contributed by atoms with Gasteiger partial charge in [0.1, 0.15) is 0 Å². The molecule has 0 aromatic heterocycles. The molecule has 0 aliphatic carbocycles. The van der Waals surface area contributed by atoms with Gasteiger partial charge in [-0.05, 0) is 60.7 Å². The van der Waals surface area contributed by atoms with Crippen LogP contribution < -0.4 is 15.5 Å². The van der Waals surface area contributed by atoms with Crippen molar-refractivity contribution in [3.8, 4) is 0 Å².